The number of nitrogens with one attached hydrogen (secondary N) is 1. The monoisotopic (exact) mass is 246 g/mol. The molecule has 0 fully saturated rings. The molecule has 0 bridgehead atoms. The maximum atomic E-state index is 11.7. The van der Waals surface area contributed by atoms with Gasteiger partial charge >= 0.3 is 0 Å². The second-order valence-corrected chi connectivity index (χ2v) is 4.22. The Morgan fingerprint density at radius 2 is 2.33 bits per heavy atom. The Morgan fingerprint density at radius 1 is 1.61 bits per heavy atom. The molecule has 1 heterocycles. The van der Waals surface area contributed by atoms with Crippen molar-refractivity contribution in [2.24, 2.45) is 0 Å². The molecule has 0 unspecified atom stereocenters. The van der Waals surface area contributed by atoms with Crippen molar-refractivity contribution >= 4 is 11.6 Å². The first-order valence-corrected chi connectivity index (χ1v) is 5.97. The first-order chi connectivity index (χ1) is 8.58. The van der Waals surface area contributed by atoms with Crippen LogP contribution in [0.5, 0.6) is 0 Å². The quantitative estimate of drug-likeness (QED) is 0.850. The van der Waals surface area contributed by atoms with Gasteiger partial charge in [0, 0.05) is 18.8 Å². The highest BCUT2D eigenvalue weighted by Crippen LogP contribution is 2.16. The Morgan fingerprint density at radius 3 is 2.89 bits per heavy atom. The highest BCUT2D eigenvalue weighted by atomic mass is 16.2. The van der Waals surface area contributed by atoms with E-state index < -0.39 is 0 Å². The van der Waals surface area contributed by atoms with Crippen LogP contribution >= 0.6 is 0 Å². The van der Waals surface area contributed by atoms with Crippen molar-refractivity contribution in [3.8, 4) is 6.07 Å². The molecule has 0 aromatic carbocycles. The van der Waals surface area contributed by atoms with Gasteiger partial charge in [0.15, 0.2) is 5.69 Å². The summed E-state index contributed by atoms with van der Waals surface area (Å²) in [4.78, 5) is 17.6. The van der Waals surface area contributed by atoms with E-state index in [9.17, 15) is 4.79 Å². The maximum absolute atomic E-state index is 11.7. The molecule has 0 saturated heterocycles. The Hall–Kier alpha value is -2.09. The normalized spacial score (nSPS) is 9.94. The third-order valence-corrected chi connectivity index (χ3v) is 2.40. The average Bonchev–Trinajstić information content (AvgIpc) is 2.35. The lowest BCUT2D eigenvalue weighted by Gasteiger charge is -2.23. The predicted octanol–water partition coefficient (Wildman–Crippen LogP) is 1.30. The van der Waals surface area contributed by atoms with Gasteiger partial charge in [0.2, 0.25) is 5.91 Å². The number of hydrogen-bond acceptors (Lipinski definition) is 4. The summed E-state index contributed by atoms with van der Waals surface area (Å²) in [6.45, 7) is 6.65. The number of amides is 1. The molecule has 1 aromatic heterocycles. The van der Waals surface area contributed by atoms with E-state index in [2.05, 4.69) is 10.3 Å². The topological polar surface area (TPSA) is 69.0 Å². The minimum Gasteiger partial charge on any atom is -0.360 e. The third kappa shape index (κ3) is 3.74. The number of rotatable bonds is 5. The van der Waals surface area contributed by atoms with Crippen LogP contribution in [-0.4, -0.2) is 30.0 Å². The van der Waals surface area contributed by atoms with Crippen LogP contribution in [0.4, 0.5) is 5.69 Å². The Kier molecular flexibility index (Phi) is 5.12. The lowest BCUT2D eigenvalue weighted by atomic mass is 10.2. The van der Waals surface area contributed by atoms with Gasteiger partial charge in [-0.1, -0.05) is 0 Å². The van der Waals surface area contributed by atoms with E-state index in [0.717, 1.165) is 0 Å². The van der Waals surface area contributed by atoms with Crippen LogP contribution < -0.4 is 10.2 Å². The molecular weight excluding hydrogens is 228 g/mol. The number of aromatic nitrogens is 1. The fraction of sp³-hybridized carbons (Fsp3) is 0.462. The molecule has 1 aromatic rings. The van der Waals surface area contributed by atoms with Crippen molar-refractivity contribution in [1.29, 1.82) is 5.26 Å². The van der Waals surface area contributed by atoms with E-state index in [0.29, 0.717) is 17.9 Å². The fourth-order valence-corrected chi connectivity index (χ4v) is 1.65. The molecule has 1 amide bonds. The average molecular weight is 246 g/mol. The van der Waals surface area contributed by atoms with Crippen molar-refractivity contribution in [3.63, 3.8) is 0 Å². The molecule has 0 atom stereocenters. The Bertz CT molecular complexity index is 451. The second kappa shape index (κ2) is 6.60. The largest absolute Gasteiger partial charge is 0.360 e. The number of likely N-dealkylation sites (N-methyl/N-ethyl adjacent to an activating group) is 1. The van der Waals surface area contributed by atoms with Crippen LogP contribution in [0.2, 0.25) is 0 Å². The molecule has 96 valence electrons. The SMILES string of the molecule is CCN(CC(=O)NC(C)C)c1cccnc1C#N. The van der Waals surface area contributed by atoms with E-state index >= 15 is 0 Å². The van der Waals surface area contributed by atoms with Gasteiger partial charge in [-0.25, -0.2) is 4.98 Å². The second-order valence-electron chi connectivity index (χ2n) is 4.22. The number of carbonyl (C=O) groups is 1. The van der Waals surface area contributed by atoms with Crippen LogP contribution in [0.15, 0.2) is 18.3 Å². The van der Waals surface area contributed by atoms with Crippen molar-refractivity contribution in [1.82, 2.24) is 10.3 Å². The fourth-order valence-electron chi connectivity index (χ4n) is 1.65. The first kappa shape index (κ1) is 14.0. The molecule has 0 spiro atoms. The van der Waals surface area contributed by atoms with E-state index in [1.165, 1.54) is 0 Å². The molecule has 5 heteroatoms. The highest BCUT2D eigenvalue weighted by molar-refractivity contribution is 5.82. The standard InChI is InChI=1S/C13H18N4O/c1-4-17(9-13(18)16-10(2)3)12-6-5-7-15-11(12)8-14/h5-7,10H,4,9H2,1-3H3,(H,16,18). The summed E-state index contributed by atoms with van der Waals surface area (Å²) in [5, 5.41) is 11.8. The summed E-state index contributed by atoms with van der Waals surface area (Å²) in [6, 6.07) is 5.72. The van der Waals surface area contributed by atoms with Crippen LogP contribution in [0.3, 0.4) is 0 Å². The zero-order chi connectivity index (χ0) is 13.5. The van der Waals surface area contributed by atoms with Gasteiger partial charge < -0.3 is 10.2 Å². The lowest BCUT2D eigenvalue weighted by molar-refractivity contribution is -0.120. The van der Waals surface area contributed by atoms with Crippen molar-refractivity contribution in [2.45, 2.75) is 26.8 Å². The summed E-state index contributed by atoms with van der Waals surface area (Å²) in [5.41, 5.74) is 1.04. The van der Waals surface area contributed by atoms with Gasteiger partial charge in [-0.2, -0.15) is 5.26 Å². The van der Waals surface area contributed by atoms with Crippen molar-refractivity contribution < 1.29 is 4.79 Å². The van der Waals surface area contributed by atoms with Gasteiger partial charge in [0.1, 0.15) is 6.07 Å². The summed E-state index contributed by atoms with van der Waals surface area (Å²) in [7, 11) is 0. The van der Waals surface area contributed by atoms with Crippen LogP contribution in [-0.2, 0) is 4.79 Å². The van der Waals surface area contributed by atoms with Gasteiger partial charge in [-0.05, 0) is 32.9 Å². The predicted molar refractivity (Wildman–Crippen MR) is 70.1 cm³/mol. The molecule has 0 aliphatic heterocycles. The zero-order valence-electron chi connectivity index (χ0n) is 11.0. The lowest BCUT2D eigenvalue weighted by Crippen LogP contribution is -2.40. The molecule has 5 nitrogen and oxygen atoms in total. The summed E-state index contributed by atoms with van der Waals surface area (Å²) in [6.07, 6.45) is 1.57. The van der Waals surface area contributed by atoms with Gasteiger partial charge in [0.05, 0.1) is 12.2 Å². The van der Waals surface area contributed by atoms with E-state index in [1.807, 2.05) is 31.7 Å². The first-order valence-electron chi connectivity index (χ1n) is 5.97. The molecular formula is C13H18N4O. The molecule has 0 radical (unpaired) electrons. The molecule has 1 N–H and O–H groups in total. The number of carbonyl (C=O) groups excluding carboxylic acids is 1. The summed E-state index contributed by atoms with van der Waals surface area (Å²) < 4.78 is 0. The van der Waals surface area contributed by atoms with Crippen LogP contribution in [0, 0.1) is 11.3 Å². The number of nitrogens with zero attached hydrogens (tertiary/aromatic N) is 3. The molecule has 0 saturated carbocycles. The van der Waals surface area contributed by atoms with E-state index in [1.54, 1.807) is 18.3 Å². The van der Waals surface area contributed by atoms with Gasteiger partial charge in [-0.15, -0.1) is 0 Å². The highest BCUT2D eigenvalue weighted by Gasteiger charge is 2.14. The Balaban J connectivity index is 2.84. The summed E-state index contributed by atoms with van der Waals surface area (Å²) in [5.74, 6) is -0.0559. The zero-order valence-corrected chi connectivity index (χ0v) is 11.0. The minimum atomic E-state index is -0.0559. The molecule has 18 heavy (non-hydrogen) atoms. The molecule has 0 aliphatic carbocycles. The number of hydrogen-bond donors (Lipinski definition) is 1. The van der Waals surface area contributed by atoms with E-state index in [-0.39, 0.29) is 18.5 Å². The third-order valence-electron chi connectivity index (χ3n) is 2.40. The van der Waals surface area contributed by atoms with Gasteiger partial charge in [-0.3, -0.25) is 4.79 Å². The maximum Gasteiger partial charge on any atom is 0.239 e. The molecule has 1 rings (SSSR count). The van der Waals surface area contributed by atoms with E-state index in [4.69, 9.17) is 5.26 Å². The number of anilines is 1. The van der Waals surface area contributed by atoms with Crippen molar-refractivity contribution in [3.05, 3.63) is 24.0 Å². The minimum absolute atomic E-state index is 0.0559. The molecule has 0 aliphatic rings. The Labute approximate surface area is 107 Å². The van der Waals surface area contributed by atoms with Crippen LogP contribution in [0.1, 0.15) is 26.5 Å². The van der Waals surface area contributed by atoms with Gasteiger partial charge in [0.25, 0.3) is 0 Å². The summed E-state index contributed by atoms with van der Waals surface area (Å²) >= 11 is 0. The van der Waals surface area contributed by atoms with Crippen LogP contribution in [0.25, 0.3) is 0 Å². The number of nitriles is 1. The number of pyridine rings is 1. The van der Waals surface area contributed by atoms with Crippen molar-refractivity contribution in [2.75, 3.05) is 18.0 Å². The smallest absolute Gasteiger partial charge is 0.239 e.